The number of anilines is 1. The van der Waals surface area contributed by atoms with E-state index < -0.39 is 5.97 Å². The van der Waals surface area contributed by atoms with Gasteiger partial charge in [0.2, 0.25) is 5.88 Å². The number of nitrogens with two attached hydrogens (primary N) is 1. The summed E-state index contributed by atoms with van der Waals surface area (Å²) in [6.45, 7) is 4.15. The van der Waals surface area contributed by atoms with Gasteiger partial charge in [-0.2, -0.15) is 4.98 Å². The highest BCUT2D eigenvalue weighted by molar-refractivity contribution is 5.88. The van der Waals surface area contributed by atoms with Gasteiger partial charge in [0.1, 0.15) is 11.6 Å². The molecule has 0 aliphatic heterocycles. The number of methoxy groups -OCH3 is 1. The van der Waals surface area contributed by atoms with Crippen molar-refractivity contribution in [1.82, 2.24) is 9.97 Å². The molecule has 104 valence electrons. The molecule has 2 N–H and O–H groups in total. The molecule has 6 heteroatoms. The van der Waals surface area contributed by atoms with Crippen molar-refractivity contribution in [3.8, 4) is 5.88 Å². The van der Waals surface area contributed by atoms with Crippen molar-refractivity contribution in [3.05, 3.63) is 17.5 Å². The molecule has 0 spiro atoms. The lowest BCUT2D eigenvalue weighted by atomic mass is 10.2. The fourth-order valence-electron chi connectivity index (χ4n) is 1.41. The summed E-state index contributed by atoms with van der Waals surface area (Å²) in [6, 6.07) is 0. The lowest BCUT2D eigenvalue weighted by molar-refractivity contribution is -0.137. The Kier molecular flexibility index (Phi) is 5.78. The molecule has 0 bridgehead atoms. The molecule has 6 nitrogen and oxygen atoms in total. The number of nitrogen functional groups attached to an aromatic ring is 1. The lowest BCUT2D eigenvalue weighted by Gasteiger charge is -2.07. The highest BCUT2D eigenvalue weighted by atomic mass is 16.5. The predicted molar refractivity (Wildman–Crippen MR) is 72.6 cm³/mol. The van der Waals surface area contributed by atoms with Gasteiger partial charge in [-0.3, -0.25) is 0 Å². The van der Waals surface area contributed by atoms with Gasteiger partial charge in [0.25, 0.3) is 0 Å². The Hall–Kier alpha value is -2.11. The molecule has 0 saturated carbocycles. The zero-order valence-electron chi connectivity index (χ0n) is 11.5. The minimum atomic E-state index is -0.421. The fourth-order valence-corrected chi connectivity index (χ4v) is 1.41. The van der Waals surface area contributed by atoms with Gasteiger partial charge in [-0.25, -0.2) is 9.78 Å². The summed E-state index contributed by atoms with van der Waals surface area (Å²) in [5.74, 6) is 0.692. The van der Waals surface area contributed by atoms with E-state index in [0.717, 1.165) is 12.8 Å². The second-order valence-corrected chi connectivity index (χ2v) is 3.93. The zero-order chi connectivity index (χ0) is 14.3. The van der Waals surface area contributed by atoms with E-state index in [1.54, 1.807) is 6.92 Å². The number of hydrogen-bond acceptors (Lipinski definition) is 6. The van der Waals surface area contributed by atoms with Crippen molar-refractivity contribution in [1.29, 1.82) is 0 Å². The van der Waals surface area contributed by atoms with Crippen LogP contribution in [-0.2, 0) is 9.53 Å². The van der Waals surface area contributed by atoms with Crippen molar-refractivity contribution in [2.24, 2.45) is 0 Å². The lowest BCUT2D eigenvalue weighted by Crippen LogP contribution is -2.04. The second kappa shape index (κ2) is 7.35. The van der Waals surface area contributed by atoms with E-state index in [9.17, 15) is 4.79 Å². The maximum absolute atomic E-state index is 11.4. The third kappa shape index (κ3) is 4.57. The number of aromatic nitrogens is 2. The molecule has 0 fully saturated rings. The van der Waals surface area contributed by atoms with Crippen LogP contribution < -0.4 is 10.5 Å². The maximum atomic E-state index is 11.4. The molecule has 1 aromatic heterocycles. The minimum absolute atomic E-state index is 0.266. The molecule has 0 radical (unpaired) electrons. The Labute approximate surface area is 112 Å². The van der Waals surface area contributed by atoms with Gasteiger partial charge < -0.3 is 15.2 Å². The Balaban J connectivity index is 2.78. The quantitative estimate of drug-likeness (QED) is 0.479. The van der Waals surface area contributed by atoms with Crippen LogP contribution in [0.25, 0.3) is 6.08 Å². The third-order valence-electron chi connectivity index (χ3n) is 2.37. The van der Waals surface area contributed by atoms with Gasteiger partial charge in [-0.15, -0.1) is 0 Å². The summed E-state index contributed by atoms with van der Waals surface area (Å²) in [6.07, 6.45) is 4.62. The number of carbonyl (C=O) groups excluding carboxylic acids is 1. The molecule has 0 saturated heterocycles. The zero-order valence-corrected chi connectivity index (χ0v) is 11.5. The maximum Gasteiger partial charge on any atom is 0.330 e. The summed E-state index contributed by atoms with van der Waals surface area (Å²) < 4.78 is 10.1. The van der Waals surface area contributed by atoms with Gasteiger partial charge in [0.05, 0.1) is 19.3 Å². The molecule has 0 unspecified atom stereocenters. The first-order chi connectivity index (χ1) is 9.08. The van der Waals surface area contributed by atoms with Crippen LogP contribution in [0.2, 0.25) is 0 Å². The monoisotopic (exact) mass is 265 g/mol. The van der Waals surface area contributed by atoms with Crippen LogP contribution in [0.4, 0.5) is 5.82 Å². The number of ether oxygens (including phenoxy) is 2. The molecular formula is C13H19N3O3. The van der Waals surface area contributed by atoms with Gasteiger partial charge in [0.15, 0.2) is 0 Å². The Morgan fingerprint density at radius 2 is 2.16 bits per heavy atom. The van der Waals surface area contributed by atoms with Crippen LogP contribution in [0, 0.1) is 6.92 Å². The van der Waals surface area contributed by atoms with Gasteiger partial charge >= 0.3 is 5.97 Å². The van der Waals surface area contributed by atoms with Crippen LogP contribution in [0.5, 0.6) is 5.88 Å². The fraction of sp³-hybridized carbons (Fsp3) is 0.462. The molecule has 0 aromatic carbocycles. The number of aryl methyl sites for hydroxylation is 1. The summed E-state index contributed by atoms with van der Waals surface area (Å²) in [4.78, 5) is 19.5. The molecular weight excluding hydrogens is 246 g/mol. The SMILES string of the molecule is CCCCOC(=O)/C=C/c1c(N)nc(C)nc1OC. The molecule has 1 aromatic rings. The predicted octanol–water partition coefficient (Wildman–Crippen LogP) is 1.73. The summed E-state index contributed by atoms with van der Waals surface area (Å²) in [7, 11) is 1.48. The number of nitrogens with zero attached hydrogens (tertiary/aromatic N) is 2. The first kappa shape index (κ1) is 14.9. The molecule has 1 rings (SSSR count). The van der Waals surface area contributed by atoms with Crippen molar-refractivity contribution >= 4 is 17.9 Å². The highest BCUT2D eigenvalue weighted by Crippen LogP contribution is 2.22. The molecule has 19 heavy (non-hydrogen) atoms. The summed E-state index contributed by atoms with van der Waals surface area (Å²) in [5, 5.41) is 0. The van der Waals surface area contributed by atoms with Gasteiger partial charge in [0, 0.05) is 6.08 Å². The van der Waals surface area contributed by atoms with Crippen LogP contribution in [0.1, 0.15) is 31.2 Å². The van der Waals surface area contributed by atoms with Crippen molar-refractivity contribution in [2.75, 3.05) is 19.5 Å². The number of esters is 1. The van der Waals surface area contributed by atoms with Crippen LogP contribution in [0.15, 0.2) is 6.08 Å². The molecule has 0 atom stereocenters. The van der Waals surface area contributed by atoms with E-state index in [2.05, 4.69) is 9.97 Å². The van der Waals surface area contributed by atoms with Crippen LogP contribution >= 0.6 is 0 Å². The smallest absolute Gasteiger partial charge is 0.330 e. The third-order valence-corrected chi connectivity index (χ3v) is 2.37. The van der Waals surface area contributed by atoms with E-state index in [1.165, 1.54) is 19.3 Å². The van der Waals surface area contributed by atoms with E-state index in [1.807, 2.05) is 6.92 Å². The van der Waals surface area contributed by atoms with E-state index >= 15 is 0 Å². The highest BCUT2D eigenvalue weighted by Gasteiger charge is 2.09. The van der Waals surface area contributed by atoms with E-state index in [4.69, 9.17) is 15.2 Å². The second-order valence-electron chi connectivity index (χ2n) is 3.93. The molecule has 0 amide bonds. The van der Waals surface area contributed by atoms with E-state index in [0.29, 0.717) is 23.9 Å². The topological polar surface area (TPSA) is 87.3 Å². The number of rotatable bonds is 6. The first-order valence-corrected chi connectivity index (χ1v) is 6.11. The summed E-state index contributed by atoms with van der Waals surface area (Å²) >= 11 is 0. The number of hydrogen-bond donors (Lipinski definition) is 1. The number of carbonyl (C=O) groups is 1. The number of unbranched alkanes of at least 4 members (excludes halogenated alkanes) is 1. The van der Waals surface area contributed by atoms with Crippen molar-refractivity contribution in [2.45, 2.75) is 26.7 Å². The molecule has 0 aliphatic rings. The Bertz CT molecular complexity index is 472. The van der Waals surface area contributed by atoms with Crippen molar-refractivity contribution in [3.63, 3.8) is 0 Å². The van der Waals surface area contributed by atoms with Crippen LogP contribution in [0.3, 0.4) is 0 Å². The first-order valence-electron chi connectivity index (χ1n) is 6.11. The van der Waals surface area contributed by atoms with Crippen molar-refractivity contribution < 1.29 is 14.3 Å². The normalized spacial score (nSPS) is 10.7. The average molecular weight is 265 g/mol. The minimum Gasteiger partial charge on any atom is -0.480 e. The molecule has 1 heterocycles. The Morgan fingerprint density at radius 3 is 2.79 bits per heavy atom. The van der Waals surface area contributed by atoms with E-state index in [-0.39, 0.29) is 5.82 Å². The van der Waals surface area contributed by atoms with Crippen LogP contribution in [-0.4, -0.2) is 29.7 Å². The average Bonchev–Trinajstić information content (AvgIpc) is 2.37. The van der Waals surface area contributed by atoms with Gasteiger partial charge in [-0.1, -0.05) is 13.3 Å². The largest absolute Gasteiger partial charge is 0.480 e. The Morgan fingerprint density at radius 1 is 1.42 bits per heavy atom. The van der Waals surface area contributed by atoms with Gasteiger partial charge in [-0.05, 0) is 19.4 Å². The standard InChI is InChI=1S/C13H19N3O3/c1-4-5-8-19-11(17)7-6-10-12(14)15-9(2)16-13(10)18-3/h6-7H,4-5,8H2,1-3H3,(H2,14,15,16)/b7-6+. The summed E-state index contributed by atoms with van der Waals surface area (Å²) in [5.41, 5.74) is 6.24. The molecule has 0 aliphatic carbocycles.